The number of benzene rings is 1. The summed E-state index contributed by atoms with van der Waals surface area (Å²) in [6.07, 6.45) is 1.49. The van der Waals surface area contributed by atoms with Crippen molar-refractivity contribution < 1.29 is 13.9 Å². The molecule has 0 fully saturated rings. The van der Waals surface area contributed by atoms with E-state index in [1.807, 2.05) is 6.07 Å². The average Bonchev–Trinajstić information content (AvgIpc) is 2.46. The van der Waals surface area contributed by atoms with E-state index >= 15 is 0 Å². The molecule has 20 heavy (non-hydrogen) atoms. The van der Waals surface area contributed by atoms with Crippen LogP contribution in [0.5, 0.6) is 5.75 Å². The molecule has 0 aliphatic carbocycles. The third kappa shape index (κ3) is 3.18. The van der Waals surface area contributed by atoms with Crippen molar-refractivity contribution in [3.05, 3.63) is 59.2 Å². The lowest BCUT2D eigenvalue weighted by molar-refractivity contribution is 0.101. The summed E-state index contributed by atoms with van der Waals surface area (Å²) in [6, 6.07) is 9.24. The maximum absolute atomic E-state index is 13.7. The minimum Gasteiger partial charge on any atom is -0.486 e. The van der Waals surface area contributed by atoms with E-state index in [0.717, 1.165) is 6.07 Å². The molecule has 0 unspecified atom stereocenters. The van der Waals surface area contributed by atoms with Gasteiger partial charge in [-0.15, -0.1) is 0 Å². The van der Waals surface area contributed by atoms with Crippen molar-refractivity contribution in [3.8, 4) is 11.8 Å². The molecule has 1 aromatic heterocycles. The minimum atomic E-state index is -0.590. The van der Waals surface area contributed by atoms with Crippen molar-refractivity contribution >= 4 is 5.78 Å². The number of halogens is 1. The third-order valence-corrected chi connectivity index (χ3v) is 2.67. The summed E-state index contributed by atoms with van der Waals surface area (Å²) in [5, 5.41) is 8.73. The van der Waals surface area contributed by atoms with E-state index in [2.05, 4.69) is 4.98 Å². The summed E-state index contributed by atoms with van der Waals surface area (Å²) in [6.45, 7) is 1.49. The van der Waals surface area contributed by atoms with Gasteiger partial charge in [0.2, 0.25) is 0 Å². The second-order valence-electron chi connectivity index (χ2n) is 4.15. The molecule has 0 atom stereocenters. The number of rotatable bonds is 4. The second-order valence-corrected chi connectivity index (χ2v) is 4.15. The number of pyridine rings is 1. The van der Waals surface area contributed by atoms with Crippen molar-refractivity contribution in [2.75, 3.05) is 0 Å². The Morgan fingerprint density at radius 1 is 1.40 bits per heavy atom. The summed E-state index contributed by atoms with van der Waals surface area (Å²) in [4.78, 5) is 14.9. The number of carbonyl (C=O) groups is 1. The predicted molar refractivity (Wildman–Crippen MR) is 69.7 cm³/mol. The first-order chi connectivity index (χ1) is 9.60. The number of ether oxygens (including phenoxy) is 1. The molecule has 0 bridgehead atoms. The number of ketones is 1. The Kier molecular flexibility index (Phi) is 4.06. The zero-order valence-electron chi connectivity index (χ0n) is 10.8. The largest absolute Gasteiger partial charge is 0.486 e. The van der Waals surface area contributed by atoms with E-state index < -0.39 is 5.82 Å². The van der Waals surface area contributed by atoms with Crippen LogP contribution < -0.4 is 4.74 Å². The number of hydrogen-bond acceptors (Lipinski definition) is 4. The van der Waals surface area contributed by atoms with Gasteiger partial charge in [-0.2, -0.15) is 5.26 Å². The van der Waals surface area contributed by atoms with Crippen LogP contribution in [0.4, 0.5) is 4.39 Å². The summed E-state index contributed by atoms with van der Waals surface area (Å²) in [5.74, 6) is -0.735. The van der Waals surface area contributed by atoms with Gasteiger partial charge in [-0.3, -0.25) is 4.79 Å². The highest BCUT2D eigenvalue weighted by molar-refractivity contribution is 5.94. The van der Waals surface area contributed by atoms with Crippen LogP contribution in [0.1, 0.15) is 28.5 Å². The first-order valence-corrected chi connectivity index (χ1v) is 5.88. The monoisotopic (exact) mass is 270 g/mol. The number of aromatic nitrogens is 1. The molecule has 5 heteroatoms. The van der Waals surface area contributed by atoms with Crippen LogP contribution >= 0.6 is 0 Å². The molecule has 0 spiro atoms. The van der Waals surface area contributed by atoms with Crippen molar-refractivity contribution in [2.24, 2.45) is 0 Å². The number of nitriles is 1. The van der Waals surface area contributed by atoms with Gasteiger partial charge < -0.3 is 4.74 Å². The molecule has 2 aromatic rings. The van der Waals surface area contributed by atoms with Gasteiger partial charge in [0.25, 0.3) is 0 Å². The molecule has 4 nitrogen and oxygen atoms in total. The highest BCUT2D eigenvalue weighted by Crippen LogP contribution is 2.20. The molecule has 0 amide bonds. The van der Waals surface area contributed by atoms with Crippen LogP contribution in [0.2, 0.25) is 0 Å². The first-order valence-electron chi connectivity index (χ1n) is 5.88. The smallest absolute Gasteiger partial charge is 0.165 e. The normalized spacial score (nSPS) is 9.85. The molecule has 1 aromatic carbocycles. The van der Waals surface area contributed by atoms with Crippen molar-refractivity contribution in [3.63, 3.8) is 0 Å². The average molecular weight is 270 g/mol. The summed E-state index contributed by atoms with van der Waals surface area (Å²) >= 11 is 0. The van der Waals surface area contributed by atoms with Crippen LogP contribution in [0, 0.1) is 17.1 Å². The number of carbonyl (C=O) groups excluding carboxylic acids is 1. The summed E-state index contributed by atoms with van der Waals surface area (Å²) in [7, 11) is 0. The SMILES string of the molecule is CC(=O)c1ccc(OCc2ccnc(C#N)c2)c(F)c1. The molecule has 100 valence electrons. The summed E-state index contributed by atoms with van der Waals surface area (Å²) in [5.41, 5.74) is 1.29. The van der Waals surface area contributed by atoms with Gasteiger partial charge in [0.1, 0.15) is 18.4 Å². The van der Waals surface area contributed by atoms with Crippen LogP contribution in [-0.4, -0.2) is 10.8 Å². The maximum Gasteiger partial charge on any atom is 0.165 e. The Morgan fingerprint density at radius 2 is 2.20 bits per heavy atom. The van der Waals surface area contributed by atoms with Crippen molar-refractivity contribution in [2.45, 2.75) is 13.5 Å². The van der Waals surface area contributed by atoms with Gasteiger partial charge in [0.05, 0.1) is 0 Å². The lowest BCUT2D eigenvalue weighted by atomic mass is 10.1. The van der Waals surface area contributed by atoms with Gasteiger partial charge in [-0.05, 0) is 42.8 Å². The van der Waals surface area contributed by atoms with Crippen molar-refractivity contribution in [1.29, 1.82) is 5.26 Å². The molecule has 0 N–H and O–H groups in total. The Bertz CT molecular complexity index is 693. The Labute approximate surface area is 115 Å². The highest BCUT2D eigenvalue weighted by atomic mass is 19.1. The molecule has 0 saturated carbocycles. The molecular formula is C15H11FN2O2. The van der Waals surface area contributed by atoms with Crippen LogP contribution in [0.3, 0.4) is 0 Å². The number of nitrogens with zero attached hydrogens (tertiary/aromatic N) is 2. The van der Waals surface area contributed by atoms with Gasteiger partial charge >= 0.3 is 0 Å². The van der Waals surface area contributed by atoms with E-state index in [9.17, 15) is 9.18 Å². The zero-order valence-corrected chi connectivity index (χ0v) is 10.8. The zero-order chi connectivity index (χ0) is 14.5. The predicted octanol–water partition coefficient (Wildman–Crippen LogP) is 2.87. The van der Waals surface area contributed by atoms with E-state index in [1.165, 1.54) is 25.3 Å². The van der Waals surface area contributed by atoms with Crippen molar-refractivity contribution in [1.82, 2.24) is 4.98 Å². The van der Waals surface area contributed by atoms with Gasteiger partial charge in [-0.1, -0.05) is 0 Å². The molecule has 0 radical (unpaired) electrons. The van der Waals surface area contributed by atoms with Gasteiger partial charge in [-0.25, -0.2) is 9.37 Å². The van der Waals surface area contributed by atoms with E-state index in [4.69, 9.17) is 10.00 Å². The fraction of sp³-hybridized carbons (Fsp3) is 0.133. The number of hydrogen-bond donors (Lipinski definition) is 0. The first kappa shape index (κ1) is 13.7. The number of Topliss-reactive ketones (excluding diaryl/α,β-unsaturated/α-hetero) is 1. The van der Waals surface area contributed by atoms with E-state index in [1.54, 1.807) is 12.1 Å². The Balaban J connectivity index is 2.11. The van der Waals surface area contributed by atoms with Crippen LogP contribution in [-0.2, 0) is 6.61 Å². The lowest BCUT2D eigenvalue weighted by Crippen LogP contribution is -2.00. The Morgan fingerprint density at radius 3 is 2.85 bits per heavy atom. The topological polar surface area (TPSA) is 63.0 Å². The van der Waals surface area contributed by atoms with Gasteiger partial charge in [0, 0.05) is 11.8 Å². The molecule has 0 aliphatic heterocycles. The molecule has 1 heterocycles. The second kappa shape index (κ2) is 5.93. The minimum absolute atomic E-state index is 0.0605. The third-order valence-electron chi connectivity index (χ3n) is 2.67. The fourth-order valence-electron chi connectivity index (χ4n) is 1.62. The molecule has 0 aliphatic rings. The lowest BCUT2D eigenvalue weighted by Gasteiger charge is -2.08. The molecule has 2 rings (SSSR count). The maximum atomic E-state index is 13.7. The molecular weight excluding hydrogens is 259 g/mol. The van der Waals surface area contributed by atoms with Crippen LogP contribution in [0.25, 0.3) is 0 Å². The quantitative estimate of drug-likeness (QED) is 0.801. The molecule has 0 saturated heterocycles. The van der Waals surface area contributed by atoms with Crippen LogP contribution in [0.15, 0.2) is 36.5 Å². The Hall–Kier alpha value is -2.74. The van der Waals surface area contributed by atoms with Gasteiger partial charge in [0.15, 0.2) is 17.3 Å². The highest BCUT2D eigenvalue weighted by Gasteiger charge is 2.08. The fourth-order valence-corrected chi connectivity index (χ4v) is 1.62. The van der Waals surface area contributed by atoms with E-state index in [-0.39, 0.29) is 23.8 Å². The standard InChI is InChI=1S/C15H11FN2O2/c1-10(19)12-2-3-15(14(16)7-12)20-9-11-4-5-18-13(6-11)8-17/h2-7H,9H2,1H3. The van der Waals surface area contributed by atoms with E-state index in [0.29, 0.717) is 11.1 Å². The summed E-state index contributed by atoms with van der Waals surface area (Å²) < 4.78 is 19.1.